The second-order valence-corrected chi connectivity index (χ2v) is 6.76. The van der Waals surface area contributed by atoms with Crippen LogP contribution in [0.25, 0.3) is 5.65 Å². The monoisotopic (exact) mass is 402 g/mol. The molecule has 1 amide bonds. The average Bonchev–Trinajstić information content (AvgIpc) is 3.19. The maximum Gasteiger partial charge on any atom is 0.339 e. The van der Waals surface area contributed by atoms with Gasteiger partial charge < -0.3 is 19.4 Å². The molecule has 3 rings (SSSR count). The number of hydrogen-bond acceptors (Lipinski definition) is 5. The summed E-state index contributed by atoms with van der Waals surface area (Å²) in [5, 5.41) is 3.34. The molecule has 3 aromatic rings. The van der Waals surface area contributed by atoms with Gasteiger partial charge in [-0.05, 0) is 24.6 Å². The second kappa shape index (κ2) is 7.85. The van der Waals surface area contributed by atoms with Crippen LogP contribution in [0.2, 0.25) is 5.02 Å². The van der Waals surface area contributed by atoms with Crippen LogP contribution in [0.1, 0.15) is 44.7 Å². The molecule has 0 bridgehead atoms. The number of nitrogens with zero attached hydrogens (tertiary/aromatic N) is 2. The standard InChI is InChI=1S/C19H19ClN4O4/c1-10-17(19(27)28-3)14(23-18(10)11(2)25)6-16(26)21-7-13-9-24-8-12(20)4-5-15(24)22-13/h4-5,8-9,23H,6-7H2,1-3H3,(H,21,26). The lowest BCUT2D eigenvalue weighted by Gasteiger charge is -2.05. The van der Waals surface area contributed by atoms with Crippen LogP contribution in [0.15, 0.2) is 24.5 Å². The molecule has 2 N–H and O–H groups in total. The van der Waals surface area contributed by atoms with Crippen LogP contribution in [0.4, 0.5) is 0 Å². The van der Waals surface area contributed by atoms with Gasteiger partial charge in [0.2, 0.25) is 5.91 Å². The molecule has 0 aromatic carbocycles. The fourth-order valence-electron chi connectivity index (χ4n) is 3.04. The molecule has 0 fully saturated rings. The second-order valence-electron chi connectivity index (χ2n) is 6.32. The van der Waals surface area contributed by atoms with Gasteiger partial charge in [0.05, 0.1) is 42.0 Å². The molecule has 0 saturated carbocycles. The lowest BCUT2D eigenvalue weighted by Crippen LogP contribution is -2.25. The van der Waals surface area contributed by atoms with Crippen LogP contribution in [-0.4, -0.2) is 39.1 Å². The Kier molecular flexibility index (Phi) is 5.51. The van der Waals surface area contributed by atoms with Crippen molar-refractivity contribution in [2.75, 3.05) is 7.11 Å². The number of Topliss-reactive ketones (excluding diaryl/α,β-unsaturated/α-hetero) is 1. The van der Waals surface area contributed by atoms with Crippen molar-refractivity contribution in [3.05, 3.63) is 57.8 Å². The van der Waals surface area contributed by atoms with Crippen LogP contribution in [-0.2, 0) is 22.5 Å². The van der Waals surface area contributed by atoms with Gasteiger partial charge in [-0.15, -0.1) is 0 Å². The molecular weight excluding hydrogens is 384 g/mol. The molecular formula is C19H19ClN4O4. The number of aromatic amines is 1. The molecule has 9 heteroatoms. The number of aromatic nitrogens is 3. The van der Waals surface area contributed by atoms with Crippen LogP contribution >= 0.6 is 11.6 Å². The summed E-state index contributed by atoms with van der Waals surface area (Å²) in [7, 11) is 1.25. The summed E-state index contributed by atoms with van der Waals surface area (Å²) in [4.78, 5) is 43.5. The van der Waals surface area contributed by atoms with E-state index in [1.54, 1.807) is 35.9 Å². The summed E-state index contributed by atoms with van der Waals surface area (Å²) < 4.78 is 6.55. The first kappa shape index (κ1) is 19.6. The van der Waals surface area contributed by atoms with Gasteiger partial charge in [-0.1, -0.05) is 11.6 Å². The van der Waals surface area contributed by atoms with Crippen molar-refractivity contribution in [1.29, 1.82) is 0 Å². The highest BCUT2D eigenvalue weighted by Crippen LogP contribution is 2.21. The quantitative estimate of drug-likeness (QED) is 0.486. The molecule has 28 heavy (non-hydrogen) atoms. The zero-order valence-corrected chi connectivity index (χ0v) is 16.4. The lowest BCUT2D eigenvalue weighted by molar-refractivity contribution is -0.120. The number of fused-ring (bicyclic) bond motifs is 1. The number of pyridine rings is 1. The largest absolute Gasteiger partial charge is 0.465 e. The maximum atomic E-state index is 12.4. The van der Waals surface area contributed by atoms with Crippen LogP contribution in [0, 0.1) is 6.92 Å². The number of methoxy groups -OCH3 is 1. The first-order valence-corrected chi connectivity index (χ1v) is 8.88. The van der Waals surface area contributed by atoms with Crippen LogP contribution in [0.5, 0.6) is 0 Å². The molecule has 3 aromatic heterocycles. The Hall–Kier alpha value is -3.13. The lowest BCUT2D eigenvalue weighted by atomic mass is 10.1. The third-order valence-corrected chi connectivity index (χ3v) is 4.56. The van der Waals surface area contributed by atoms with Crippen LogP contribution < -0.4 is 5.32 Å². The Labute approximate surface area is 165 Å². The molecule has 8 nitrogen and oxygen atoms in total. The predicted molar refractivity (Wildman–Crippen MR) is 103 cm³/mol. The molecule has 0 aliphatic rings. The number of rotatable bonds is 6. The molecule has 0 unspecified atom stereocenters. The van der Waals surface area contributed by atoms with Gasteiger partial charge in [0.1, 0.15) is 5.65 Å². The van der Waals surface area contributed by atoms with E-state index in [0.29, 0.717) is 33.3 Å². The number of esters is 1. The maximum absolute atomic E-state index is 12.4. The van der Waals surface area contributed by atoms with E-state index in [2.05, 4.69) is 15.3 Å². The third-order valence-electron chi connectivity index (χ3n) is 4.34. The topological polar surface area (TPSA) is 106 Å². The van der Waals surface area contributed by atoms with Gasteiger partial charge in [-0.25, -0.2) is 9.78 Å². The van der Waals surface area contributed by atoms with E-state index in [1.165, 1.54) is 14.0 Å². The van der Waals surface area contributed by atoms with Crippen molar-refractivity contribution < 1.29 is 19.1 Å². The van der Waals surface area contributed by atoms with E-state index in [-0.39, 0.29) is 30.2 Å². The summed E-state index contributed by atoms with van der Waals surface area (Å²) in [6.45, 7) is 3.24. The van der Waals surface area contributed by atoms with Crippen molar-refractivity contribution in [1.82, 2.24) is 19.7 Å². The molecule has 0 spiro atoms. The van der Waals surface area contributed by atoms with Crippen molar-refractivity contribution in [3.63, 3.8) is 0 Å². The Bertz CT molecular complexity index is 1080. The molecule has 0 saturated heterocycles. The molecule has 0 aliphatic carbocycles. The van der Waals surface area contributed by atoms with E-state index in [9.17, 15) is 14.4 Å². The number of halogens is 1. The highest BCUT2D eigenvalue weighted by Gasteiger charge is 2.24. The fourth-order valence-corrected chi connectivity index (χ4v) is 3.20. The van der Waals surface area contributed by atoms with Gasteiger partial charge in [0, 0.05) is 25.0 Å². The SMILES string of the molecule is COC(=O)c1c(CC(=O)NCc2cn3cc(Cl)ccc3n2)[nH]c(C(C)=O)c1C. The van der Waals surface area contributed by atoms with Crippen LogP contribution in [0.3, 0.4) is 0 Å². The summed E-state index contributed by atoms with van der Waals surface area (Å²) in [6, 6.07) is 3.52. The third kappa shape index (κ3) is 3.91. The van der Waals surface area contributed by atoms with E-state index >= 15 is 0 Å². The van der Waals surface area contributed by atoms with Gasteiger partial charge in [-0.2, -0.15) is 0 Å². The number of ketones is 1. The van der Waals surface area contributed by atoms with E-state index in [0.717, 1.165) is 0 Å². The van der Waals surface area contributed by atoms with E-state index < -0.39 is 5.97 Å². The first-order chi connectivity index (χ1) is 13.3. The number of carbonyl (C=O) groups excluding carboxylic acids is 3. The number of hydrogen-bond donors (Lipinski definition) is 2. The molecule has 0 aliphatic heterocycles. The minimum absolute atomic E-state index is 0.0995. The zero-order chi connectivity index (χ0) is 20.4. The van der Waals surface area contributed by atoms with E-state index in [1.807, 2.05) is 0 Å². The number of H-pyrrole nitrogens is 1. The summed E-state index contributed by atoms with van der Waals surface area (Å²) in [5.41, 5.74) is 2.70. The normalized spacial score (nSPS) is 10.9. The summed E-state index contributed by atoms with van der Waals surface area (Å²) in [6.07, 6.45) is 3.40. The number of carbonyl (C=O) groups is 3. The fraction of sp³-hybridized carbons (Fsp3) is 0.263. The van der Waals surface area contributed by atoms with Gasteiger partial charge in [0.25, 0.3) is 0 Å². The zero-order valence-electron chi connectivity index (χ0n) is 15.6. The Morgan fingerprint density at radius 3 is 2.71 bits per heavy atom. The Morgan fingerprint density at radius 1 is 1.29 bits per heavy atom. The van der Waals surface area contributed by atoms with Crippen molar-refractivity contribution in [3.8, 4) is 0 Å². The number of ether oxygens (including phenoxy) is 1. The van der Waals surface area contributed by atoms with Gasteiger partial charge >= 0.3 is 5.97 Å². The smallest absolute Gasteiger partial charge is 0.339 e. The molecule has 0 atom stereocenters. The number of nitrogens with one attached hydrogen (secondary N) is 2. The predicted octanol–water partition coefficient (Wildman–Crippen LogP) is 2.47. The molecule has 0 radical (unpaired) electrons. The minimum atomic E-state index is -0.596. The summed E-state index contributed by atoms with van der Waals surface area (Å²) in [5.74, 6) is -1.14. The van der Waals surface area contributed by atoms with Gasteiger partial charge in [-0.3, -0.25) is 9.59 Å². The Morgan fingerprint density at radius 2 is 2.04 bits per heavy atom. The highest BCUT2D eigenvalue weighted by molar-refractivity contribution is 6.30. The van der Waals surface area contributed by atoms with Crippen molar-refractivity contribution in [2.24, 2.45) is 0 Å². The average molecular weight is 403 g/mol. The first-order valence-electron chi connectivity index (χ1n) is 8.50. The molecule has 146 valence electrons. The molecule has 3 heterocycles. The minimum Gasteiger partial charge on any atom is -0.465 e. The number of imidazole rings is 1. The van der Waals surface area contributed by atoms with E-state index in [4.69, 9.17) is 16.3 Å². The van der Waals surface area contributed by atoms with Crippen molar-refractivity contribution >= 4 is 34.9 Å². The summed E-state index contributed by atoms with van der Waals surface area (Å²) >= 11 is 5.95. The number of amides is 1. The highest BCUT2D eigenvalue weighted by atomic mass is 35.5. The van der Waals surface area contributed by atoms with Gasteiger partial charge in [0.15, 0.2) is 5.78 Å². The Balaban J connectivity index is 1.74. The van der Waals surface area contributed by atoms with Crippen molar-refractivity contribution in [2.45, 2.75) is 26.8 Å².